The van der Waals surface area contributed by atoms with Gasteiger partial charge in [-0.25, -0.2) is 0 Å². The van der Waals surface area contributed by atoms with Crippen LogP contribution < -0.4 is 4.74 Å². The topological polar surface area (TPSA) is 59.3 Å². The number of methoxy groups -OCH3 is 1. The van der Waals surface area contributed by atoms with Crippen molar-refractivity contribution in [3.8, 4) is 11.8 Å². The van der Waals surface area contributed by atoms with Crippen LogP contribution in [-0.2, 0) is 9.53 Å². The summed E-state index contributed by atoms with van der Waals surface area (Å²) in [6.45, 7) is 2.70. The summed E-state index contributed by atoms with van der Waals surface area (Å²) in [5.74, 6) is 0.411. The Bertz CT molecular complexity index is 512. The Hall–Kier alpha value is -1.86. The first-order valence-electron chi connectivity index (χ1n) is 7.35. The number of ketones is 1. The molecule has 1 atom stereocenters. The monoisotopic (exact) mass is 287 g/mol. The standard InChI is InChI=1S/C17H21NO3/c1-3-21-15-8-12(9-15)10-17(19)16(11-18)13-4-6-14(20-2)7-5-13/h4-7,12,15-16H,3,8-10H2,1-2H3. The molecule has 0 N–H and O–H groups in total. The van der Waals surface area contributed by atoms with Crippen LogP contribution in [0.25, 0.3) is 0 Å². The Morgan fingerprint density at radius 2 is 2.05 bits per heavy atom. The van der Waals surface area contributed by atoms with Gasteiger partial charge in [0.2, 0.25) is 0 Å². The lowest BCUT2D eigenvalue weighted by Crippen LogP contribution is -2.33. The number of rotatable bonds is 7. The van der Waals surface area contributed by atoms with E-state index in [9.17, 15) is 10.1 Å². The number of carbonyl (C=O) groups is 1. The number of hydrogen-bond acceptors (Lipinski definition) is 4. The zero-order valence-electron chi connectivity index (χ0n) is 12.5. The number of ether oxygens (including phenoxy) is 2. The van der Waals surface area contributed by atoms with Crippen LogP contribution in [0.2, 0.25) is 0 Å². The predicted molar refractivity (Wildman–Crippen MR) is 79.1 cm³/mol. The Morgan fingerprint density at radius 3 is 2.57 bits per heavy atom. The van der Waals surface area contributed by atoms with Gasteiger partial charge in [0, 0.05) is 13.0 Å². The lowest BCUT2D eigenvalue weighted by molar-refractivity contribution is -0.122. The van der Waals surface area contributed by atoms with Crippen LogP contribution in [-0.4, -0.2) is 25.6 Å². The smallest absolute Gasteiger partial charge is 0.154 e. The number of Topliss-reactive ketones (excluding diaryl/α,β-unsaturated/α-hetero) is 1. The van der Waals surface area contributed by atoms with E-state index in [0.29, 0.717) is 18.4 Å². The van der Waals surface area contributed by atoms with Gasteiger partial charge in [-0.2, -0.15) is 5.26 Å². The van der Waals surface area contributed by atoms with E-state index in [1.54, 1.807) is 31.4 Å². The molecule has 21 heavy (non-hydrogen) atoms. The highest BCUT2D eigenvalue weighted by Gasteiger charge is 2.33. The van der Waals surface area contributed by atoms with E-state index in [-0.39, 0.29) is 5.78 Å². The minimum Gasteiger partial charge on any atom is -0.497 e. The van der Waals surface area contributed by atoms with Gasteiger partial charge in [-0.15, -0.1) is 0 Å². The van der Waals surface area contributed by atoms with Crippen molar-refractivity contribution in [1.82, 2.24) is 0 Å². The minimum atomic E-state index is -0.679. The third-order valence-corrected chi connectivity index (χ3v) is 3.98. The lowest BCUT2D eigenvalue weighted by atomic mass is 9.77. The summed E-state index contributed by atoms with van der Waals surface area (Å²) in [5.41, 5.74) is 0.740. The highest BCUT2D eigenvalue weighted by atomic mass is 16.5. The number of nitrogens with zero attached hydrogens (tertiary/aromatic N) is 1. The average molecular weight is 287 g/mol. The quantitative estimate of drug-likeness (QED) is 0.773. The van der Waals surface area contributed by atoms with Crippen molar-refractivity contribution in [2.24, 2.45) is 5.92 Å². The van der Waals surface area contributed by atoms with Gasteiger partial charge < -0.3 is 9.47 Å². The molecule has 1 aromatic rings. The van der Waals surface area contributed by atoms with Crippen molar-refractivity contribution in [2.75, 3.05) is 13.7 Å². The Kier molecular flexibility index (Phi) is 5.35. The fourth-order valence-corrected chi connectivity index (χ4v) is 2.74. The Balaban J connectivity index is 1.91. The largest absolute Gasteiger partial charge is 0.497 e. The maximum atomic E-state index is 12.3. The van der Waals surface area contributed by atoms with Gasteiger partial charge in [0.05, 0.1) is 19.3 Å². The molecule has 0 aromatic heterocycles. The Labute approximate surface area is 125 Å². The van der Waals surface area contributed by atoms with Gasteiger partial charge >= 0.3 is 0 Å². The molecule has 0 heterocycles. The van der Waals surface area contributed by atoms with E-state index in [4.69, 9.17) is 9.47 Å². The third kappa shape index (κ3) is 3.83. The molecule has 1 aliphatic rings. The molecule has 0 radical (unpaired) electrons. The second-order valence-electron chi connectivity index (χ2n) is 5.42. The first-order valence-corrected chi connectivity index (χ1v) is 7.35. The number of hydrogen-bond donors (Lipinski definition) is 0. The third-order valence-electron chi connectivity index (χ3n) is 3.98. The summed E-state index contributed by atoms with van der Waals surface area (Å²) in [5, 5.41) is 9.29. The number of nitriles is 1. The lowest BCUT2D eigenvalue weighted by Gasteiger charge is -2.34. The van der Waals surface area contributed by atoms with Crippen molar-refractivity contribution in [3.63, 3.8) is 0 Å². The Morgan fingerprint density at radius 1 is 1.38 bits per heavy atom. The molecular formula is C17H21NO3. The van der Waals surface area contributed by atoms with E-state index >= 15 is 0 Å². The van der Waals surface area contributed by atoms with Gasteiger partial charge in [-0.1, -0.05) is 12.1 Å². The molecule has 0 spiro atoms. The van der Waals surface area contributed by atoms with E-state index in [1.807, 2.05) is 6.92 Å². The van der Waals surface area contributed by atoms with Crippen molar-refractivity contribution in [2.45, 2.75) is 38.2 Å². The maximum Gasteiger partial charge on any atom is 0.154 e. The summed E-state index contributed by atoms with van der Waals surface area (Å²) in [6, 6.07) is 9.25. The van der Waals surface area contributed by atoms with Crippen LogP contribution in [0.15, 0.2) is 24.3 Å². The molecule has 4 heteroatoms. The van der Waals surface area contributed by atoms with Gasteiger partial charge in [-0.3, -0.25) is 4.79 Å². The van der Waals surface area contributed by atoms with Crippen LogP contribution in [0.1, 0.15) is 37.7 Å². The molecule has 1 fully saturated rings. The van der Waals surface area contributed by atoms with Crippen molar-refractivity contribution >= 4 is 5.78 Å². The molecule has 1 aliphatic carbocycles. The van der Waals surface area contributed by atoms with E-state index in [1.165, 1.54) is 0 Å². The maximum absolute atomic E-state index is 12.3. The normalized spacial score (nSPS) is 22.0. The highest BCUT2D eigenvalue weighted by molar-refractivity contribution is 5.88. The summed E-state index contributed by atoms with van der Waals surface area (Å²) >= 11 is 0. The summed E-state index contributed by atoms with van der Waals surface area (Å²) in [7, 11) is 1.59. The molecular weight excluding hydrogens is 266 g/mol. The minimum absolute atomic E-state index is 0.00242. The highest BCUT2D eigenvalue weighted by Crippen LogP contribution is 2.34. The van der Waals surface area contributed by atoms with Gasteiger partial charge in [0.1, 0.15) is 11.7 Å². The molecule has 1 saturated carbocycles. The first-order chi connectivity index (χ1) is 10.2. The fourth-order valence-electron chi connectivity index (χ4n) is 2.74. The predicted octanol–water partition coefficient (Wildman–Crippen LogP) is 3.08. The average Bonchev–Trinajstić information content (AvgIpc) is 2.46. The van der Waals surface area contributed by atoms with Crippen molar-refractivity contribution in [1.29, 1.82) is 5.26 Å². The fraction of sp³-hybridized carbons (Fsp3) is 0.529. The molecule has 0 bridgehead atoms. The van der Waals surface area contributed by atoms with Crippen LogP contribution in [0.4, 0.5) is 0 Å². The molecule has 2 rings (SSSR count). The SMILES string of the molecule is CCOC1CC(CC(=O)C(C#N)c2ccc(OC)cc2)C1. The first kappa shape index (κ1) is 15.5. The van der Waals surface area contributed by atoms with E-state index < -0.39 is 5.92 Å². The zero-order chi connectivity index (χ0) is 15.2. The molecule has 1 aromatic carbocycles. The molecule has 0 aliphatic heterocycles. The second kappa shape index (κ2) is 7.24. The van der Waals surface area contributed by atoms with Crippen LogP contribution >= 0.6 is 0 Å². The second-order valence-corrected chi connectivity index (χ2v) is 5.42. The van der Waals surface area contributed by atoms with Crippen LogP contribution in [0, 0.1) is 17.2 Å². The number of benzene rings is 1. The zero-order valence-corrected chi connectivity index (χ0v) is 12.5. The molecule has 0 saturated heterocycles. The number of carbonyl (C=O) groups excluding carboxylic acids is 1. The molecule has 4 nitrogen and oxygen atoms in total. The van der Waals surface area contributed by atoms with Crippen LogP contribution in [0.5, 0.6) is 5.75 Å². The molecule has 112 valence electrons. The van der Waals surface area contributed by atoms with Crippen molar-refractivity contribution in [3.05, 3.63) is 29.8 Å². The van der Waals surface area contributed by atoms with Crippen LogP contribution in [0.3, 0.4) is 0 Å². The van der Waals surface area contributed by atoms with E-state index in [2.05, 4.69) is 6.07 Å². The van der Waals surface area contributed by atoms with Crippen molar-refractivity contribution < 1.29 is 14.3 Å². The summed E-state index contributed by atoms with van der Waals surface area (Å²) in [6.07, 6.45) is 2.63. The van der Waals surface area contributed by atoms with Gasteiger partial charge in [0.25, 0.3) is 0 Å². The molecule has 0 amide bonds. The molecule has 1 unspecified atom stereocenters. The van der Waals surface area contributed by atoms with E-state index in [0.717, 1.165) is 30.8 Å². The van der Waals surface area contributed by atoms with Gasteiger partial charge in [0.15, 0.2) is 5.78 Å². The van der Waals surface area contributed by atoms with Gasteiger partial charge in [-0.05, 0) is 43.4 Å². The summed E-state index contributed by atoms with van der Waals surface area (Å²) < 4.78 is 10.6. The summed E-state index contributed by atoms with van der Waals surface area (Å²) in [4.78, 5) is 12.3.